The highest BCUT2D eigenvalue weighted by molar-refractivity contribution is 8.13. The molecule has 0 spiro atoms. The normalized spacial score (nSPS) is 29.7. The van der Waals surface area contributed by atoms with Gasteiger partial charge in [-0.15, -0.1) is 0 Å². The minimum Gasteiger partial charge on any atom is -0.379 e. The van der Waals surface area contributed by atoms with Crippen molar-refractivity contribution in [3.8, 4) is 0 Å². The maximum absolute atomic E-state index is 14.3. The van der Waals surface area contributed by atoms with Gasteiger partial charge in [0.25, 0.3) is 0 Å². The number of rotatable bonds is 1. The molecule has 1 aromatic rings. The molecule has 2 aliphatic rings. The summed E-state index contributed by atoms with van der Waals surface area (Å²) in [6, 6.07) is 2.26. The summed E-state index contributed by atoms with van der Waals surface area (Å²) in [5, 5.41) is 0.477. The molecule has 1 aliphatic heterocycles. The van der Waals surface area contributed by atoms with E-state index < -0.39 is 17.2 Å². The molecule has 2 nitrogen and oxygen atoms in total. The van der Waals surface area contributed by atoms with Crippen molar-refractivity contribution in [1.29, 1.82) is 0 Å². The lowest BCUT2D eigenvalue weighted by Gasteiger charge is -2.44. The first-order valence-electron chi connectivity index (χ1n) is 6.76. The number of nitrogens with zero attached hydrogens (tertiary/aromatic N) is 1. The summed E-state index contributed by atoms with van der Waals surface area (Å²) in [6.07, 6.45) is 3.80. The quantitative estimate of drug-likeness (QED) is 0.806. The topological polar surface area (TPSA) is 38.4 Å². The molecule has 1 heterocycles. The fourth-order valence-corrected chi connectivity index (χ4v) is 4.37. The summed E-state index contributed by atoms with van der Waals surface area (Å²) < 4.78 is 27.7. The van der Waals surface area contributed by atoms with E-state index in [1.165, 1.54) is 17.8 Å². The molecule has 0 bridgehead atoms. The average molecular weight is 292 g/mol. The second kappa shape index (κ2) is 5.06. The standard InChI is InChI=1S/C14H15BF2N2S/c15-10-5-9(11(16)6-12(10)17)14-4-2-1-3-8(14)7-20-13(18)19-14/h5-6,8H,1-4,7H2,(H2,18,19)/t8-,14-/m0/s1. The molecular weight excluding hydrogens is 277 g/mol. The second-order valence-electron chi connectivity index (χ2n) is 5.48. The van der Waals surface area contributed by atoms with Crippen molar-refractivity contribution in [1.82, 2.24) is 0 Å². The third-order valence-corrected chi connectivity index (χ3v) is 5.29. The minimum atomic E-state index is -0.725. The number of fused-ring (bicyclic) bond motifs is 1. The van der Waals surface area contributed by atoms with Crippen LogP contribution >= 0.6 is 11.8 Å². The predicted octanol–water partition coefficient (Wildman–Crippen LogP) is 2.21. The first kappa shape index (κ1) is 13.9. The third kappa shape index (κ3) is 2.14. The Bertz CT molecular complexity index is 579. The first-order chi connectivity index (χ1) is 9.53. The van der Waals surface area contributed by atoms with Gasteiger partial charge in [-0.05, 0) is 18.8 Å². The Labute approximate surface area is 122 Å². The molecule has 1 aliphatic carbocycles. The van der Waals surface area contributed by atoms with Gasteiger partial charge in [-0.1, -0.05) is 36.1 Å². The molecule has 104 valence electrons. The van der Waals surface area contributed by atoms with E-state index in [0.717, 1.165) is 37.5 Å². The van der Waals surface area contributed by atoms with Crippen molar-refractivity contribution in [3.05, 3.63) is 29.3 Å². The van der Waals surface area contributed by atoms with Crippen molar-refractivity contribution >= 4 is 30.2 Å². The van der Waals surface area contributed by atoms with E-state index in [-0.39, 0.29) is 11.4 Å². The van der Waals surface area contributed by atoms with Crippen LogP contribution in [0, 0.1) is 17.6 Å². The van der Waals surface area contributed by atoms with E-state index in [2.05, 4.69) is 4.99 Å². The van der Waals surface area contributed by atoms with Crippen LogP contribution in [0.1, 0.15) is 31.2 Å². The van der Waals surface area contributed by atoms with Crippen molar-refractivity contribution in [2.24, 2.45) is 16.6 Å². The Kier molecular flexibility index (Phi) is 3.52. The molecule has 1 aromatic carbocycles. The fraction of sp³-hybridized carbons (Fsp3) is 0.500. The largest absolute Gasteiger partial charge is 0.379 e. The number of hydrogen-bond acceptors (Lipinski definition) is 3. The number of thioether (sulfide) groups is 1. The van der Waals surface area contributed by atoms with Gasteiger partial charge in [0.05, 0.1) is 5.54 Å². The zero-order valence-electron chi connectivity index (χ0n) is 11.0. The molecule has 0 unspecified atom stereocenters. The van der Waals surface area contributed by atoms with Crippen LogP contribution in [0.4, 0.5) is 8.78 Å². The molecule has 6 heteroatoms. The molecule has 0 saturated heterocycles. The van der Waals surface area contributed by atoms with Crippen LogP contribution in [-0.4, -0.2) is 18.8 Å². The third-order valence-electron chi connectivity index (χ3n) is 4.33. The van der Waals surface area contributed by atoms with Crippen LogP contribution in [-0.2, 0) is 5.54 Å². The Morgan fingerprint density at radius 1 is 1.30 bits per heavy atom. The van der Waals surface area contributed by atoms with E-state index in [4.69, 9.17) is 13.6 Å². The summed E-state index contributed by atoms with van der Waals surface area (Å²) in [4.78, 5) is 4.58. The lowest BCUT2D eigenvalue weighted by molar-refractivity contribution is 0.206. The van der Waals surface area contributed by atoms with Crippen LogP contribution in [0.5, 0.6) is 0 Å². The molecule has 0 aromatic heterocycles. The molecule has 2 N–H and O–H groups in total. The lowest BCUT2D eigenvalue weighted by atomic mass is 9.69. The van der Waals surface area contributed by atoms with Gasteiger partial charge in [-0.3, -0.25) is 4.99 Å². The zero-order chi connectivity index (χ0) is 14.3. The lowest BCUT2D eigenvalue weighted by Crippen LogP contribution is -2.43. The molecule has 1 saturated carbocycles. The van der Waals surface area contributed by atoms with Crippen molar-refractivity contribution < 1.29 is 8.78 Å². The number of nitrogens with two attached hydrogens (primary N) is 1. The van der Waals surface area contributed by atoms with Crippen LogP contribution in [0.3, 0.4) is 0 Å². The van der Waals surface area contributed by atoms with E-state index in [0.29, 0.717) is 10.7 Å². The van der Waals surface area contributed by atoms with Gasteiger partial charge in [0.2, 0.25) is 0 Å². The first-order valence-corrected chi connectivity index (χ1v) is 7.74. The summed E-state index contributed by atoms with van der Waals surface area (Å²) in [5.74, 6) is -0.247. The highest BCUT2D eigenvalue weighted by Gasteiger charge is 2.46. The number of aliphatic imine (C=N–C) groups is 1. The van der Waals surface area contributed by atoms with Crippen molar-refractivity contribution in [2.45, 2.75) is 31.2 Å². The van der Waals surface area contributed by atoms with Crippen LogP contribution in [0.15, 0.2) is 17.1 Å². The zero-order valence-corrected chi connectivity index (χ0v) is 11.9. The number of hydrogen-bond donors (Lipinski definition) is 1. The number of amidine groups is 1. The van der Waals surface area contributed by atoms with Crippen molar-refractivity contribution in [3.63, 3.8) is 0 Å². The van der Waals surface area contributed by atoms with Crippen LogP contribution < -0.4 is 11.2 Å². The summed E-state index contributed by atoms with van der Waals surface area (Å²) in [7, 11) is 5.62. The van der Waals surface area contributed by atoms with E-state index in [1.54, 1.807) is 0 Å². The molecular formula is C14H15BF2N2S. The SMILES string of the molecule is [B]c1cc([C@]23CCCC[C@H]2CSC(N)=N3)c(F)cc1F. The molecule has 1 fully saturated rings. The Hall–Kier alpha value is -1.04. The Balaban J connectivity index is 2.17. The Morgan fingerprint density at radius 3 is 2.90 bits per heavy atom. The monoisotopic (exact) mass is 292 g/mol. The van der Waals surface area contributed by atoms with Crippen LogP contribution in [0.25, 0.3) is 0 Å². The fourth-order valence-electron chi connectivity index (χ4n) is 3.32. The predicted molar refractivity (Wildman–Crippen MR) is 79.5 cm³/mol. The summed E-state index contributed by atoms with van der Waals surface area (Å²) >= 11 is 1.51. The summed E-state index contributed by atoms with van der Waals surface area (Å²) in [5.41, 5.74) is 5.56. The highest BCUT2D eigenvalue weighted by atomic mass is 32.2. The molecule has 3 rings (SSSR count). The van der Waals surface area contributed by atoms with Gasteiger partial charge in [0.1, 0.15) is 19.5 Å². The number of halogens is 2. The smallest absolute Gasteiger partial charge is 0.154 e. The molecule has 2 radical (unpaired) electrons. The highest BCUT2D eigenvalue weighted by Crippen LogP contribution is 2.49. The van der Waals surface area contributed by atoms with Gasteiger partial charge in [0, 0.05) is 17.4 Å². The average Bonchev–Trinajstić information content (AvgIpc) is 2.42. The van der Waals surface area contributed by atoms with Gasteiger partial charge in [-0.25, -0.2) is 8.78 Å². The molecule has 0 amide bonds. The maximum Gasteiger partial charge on any atom is 0.154 e. The van der Waals surface area contributed by atoms with Crippen molar-refractivity contribution in [2.75, 3.05) is 5.75 Å². The Morgan fingerprint density at radius 2 is 2.10 bits per heavy atom. The van der Waals surface area contributed by atoms with E-state index in [1.807, 2.05) is 0 Å². The maximum atomic E-state index is 14.3. The molecule has 2 atom stereocenters. The van der Waals surface area contributed by atoms with Gasteiger partial charge in [0.15, 0.2) is 5.17 Å². The summed E-state index contributed by atoms with van der Waals surface area (Å²) in [6.45, 7) is 0. The van der Waals surface area contributed by atoms with Gasteiger partial charge in [-0.2, -0.15) is 0 Å². The van der Waals surface area contributed by atoms with Gasteiger partial charge >= 0.3 is 0 Å². The van der Waals surface area contributed by atoms with E-state index >= 15 is 0 Å². The minimum absolute atomic E-state index is 0.0351. The van der Waals surface area contributed by atoms with E-state index in [9.17, 15) is 8.78 Å². The van der Waals surface area contributed by atoms with Crippen LogP contribution in [0.2, 0.25) is 0 Å². The molecule has 20 heavy (non-hydrogen) atoms. The number of benzene rings is 1. The van der Waals surface area contributed by atoms with Gasteiger partial charge < -0.3 is 5.73 Å². The second-order valence-corrected chi connectivity index (χ2v) is 6.52.